The Labute approximate surface area is 129 Å². The molecule has 2 N–H and O–H groups in total. The number of carbonyl (C=O) groups is 2. The van der Waals surface area contributed by atoms with Gasteiger partial charge in [0, 0.05) is 16.6 Å². The van der Waals surface area contributed by atoms with Crippen LogP contribution in [-0.4, -0.2) is 22.0 Å². The number of fused-ring (bicyclic) bond motifs is 1. The van der Waals surface area contributed by atoms with Gasteiger partial charge in [-0.3, -0.25) is 9.78 Å². The van der Waals surface area contributed by atoms with Gasteiger partial charge in [0.2, 0.25) is 5.76 Å². The summed E-state index contributed by atoms with van der Waals surface area (Å²) in [6.07, 6.45) is 1.47. The van der Waals surface area contributed by atoms with Crippen molar-refractivity contribution < 1.29 is 19.1 Å². The first-order valence-electron chi connectivity index (χ1n) is 6.24. The summed E-state index contributed by atoms with van der Waals surface area (Å²) in [6, 6.07) is 9.49. The Morgan fingerprint density at radius 2 is 2.05 bits per heavy atom. The van der Waals surface area contributed by atoms with Crippen molar-refractivity contribution in [3.8, 4) is 0 Å². The summed E-state index contributed by atoms with van der Waals surface area (Å²) in [5.41, 5.74) is 0.536. The summed E-state index contributed by atoms with van der Waals surface area (Å²) in [6.45, 7) is 0. The summed E-state index contributed by atoms with van der Waals surface area (Å²) < 4.78 is 5.26. The average molecular weight is 317 g/mol. The maximum Gasteiger partial charge on any atom is 0.374 e. The molecule has 2 heterocycles. The molecule has 0 unspecified atom stereocenters. The monoisotopic (exact) mass is 316 g/mol. The molecule has 0 saturated heterocycles. The molecule has 1 aromatic carbocycles. The second kappa shape index (κ2) is 5.50. The third kappa shape index (κ3) is 2.51. The number of anilines is 1. The predicted octanol–water partition coefficient (Wildman–Crippen LogP) is 3.43. The van der Waals surface area contributed by atoms with E-state index in [4.69, 9.17) is 16.0 Å². The highest BCUT2D eigenvalue weighted by Gasteiger charge is 2.22. The SMILES string of the molecule is O=C(Nc1c(C(=O)O)oc2ccc(Cl)cc12)c1ccccn1. The fourth-order valence-corrected chi connectivity index (χ4v) is 2.19. The lowest BCUT2D eigenvalue weighted by Gasteiger charge is -2.03. The highest BCUT2D eigenvalue weighted by atomic mass is 35.5. The minimum absolute atomic E-state index is 0.0562. The van der Waals surface area contributed by atoms with Crippen molar-refractivity contribution in [1.82, 2.24) is 4.98 Å². The second-order valence-electron chi connectivity index (χ2n) is 4.42. The number of aromatic nitrogens is 1. The molecular formula is C15H9ClN2O4. The number of hydrogen-bond donors (Lipinski definition) is 2. The molecule has 7 heteroatoms. The van der Waals surface area contributed by atoms with Gasteiger partial charge >= 0.3 is 5.97 Å². The average Bonchev–Trinajstić information content (AvgIpc) is 2.86. The number of carboxylic acid groups (broad SMARTS) is 1. The molecule has 6 nitrogen and oxygen atoms in total. The number of carboxylic acids is 1. The Balaban J connectivity index is 2.09. The van der Waals surface area contributed by atoms with Crippen molar-refractivity contribution in [2.45, 2.75) is 0 Å². The highest BCUT2D eigenvalue weighted by Crippen LogP contribution is 2.33. The molecule has 0 aliphatic carbocycles. The zero-order chi connectivity index (χ0) is 15.7. The van der Waals surface area contributed by atoms with E-state index in [2.05, 4.69) is 10.3 Å². The largest absolute Gasteiger partial charge is 0.475 e. The number of carbonyl (C=O) groups excluding carboxylic acids is 1. The van der Waals surface area contributed by atoms with Crippen LogP contribution in [0.15, 0.2) is 47.0 Å². The van der Waals surface area contributed by atoms with Crippen molar-refractivity contribution in [2.75, 3.05) is 5.32 Å². The maximum atomic E-state index is 12.2. The van der Waals surface area contributed by atoms with E-state index in [1.54, 1.807) is 24.3 Å². The van der Waals surface area contributed by atoms with E-state index in [0.717, 1.165) is 0 Å². The van der Waals surface area contributed by atoms with E-state index in [9.17, 15) is 14.7 Å². The minimum atomic E-state index is -1.29. The van der Waals surface area contributed by atoms with Gasteiger partial charge in [0.05, 0.1) is 0 Å². The van der Waals surface area contributed by atoms with Crippen molar-refractivity contribution in [3.63, 3.8) is 0 Å². The van der Waals surface area contributed by atoms with Gasteiger partial charge < -0.3 is 14.8 Å². The fourth-order valence-electron chi connectivity index (χ4n) is 2.02. The molecule has 0 aliphatic rings. The topological polar surface area (TPSA) is 92.4 Å². The number of nitrogens with one attached hydrogen (secondary N) is 1. The van der Waals surface area contributed by atoms with Crippen LogP contribution in [0.2, 0.25) is 5.02 Å². The second-order valence-corrected chi connectivity index (χ2v) is 4.86. The van der Waals surface area contributed by atoms with Crippen LogP contribution < -0.4 is 5.32 Å². The van der Waals surface area contributed by atoms with E-state index < -0.39 is 11.9 Å². The molecule has 3 rings (SSSR count). The molecule has 0 aliphatic heterocycles. The van der Waals surface area contributed by atoms with Crippen LogP contribution in [0.1, 0.15) is 21.0 Å². The zero-order valence-electron chi connectivity index (χ0n) is 11.0. The van der Waals surface area contributed by atoms with E-state index in [-0.39, 0.29) is 17.1 Å². The molecule has 0 atom stereocenters. The quantitative estimate of drug-likeness (QED) is 0.772. The molecule has 22 heavy (non-hydrogen) atoms. The summed E-state index contributed by atoms with van der Waals surface area (Å²) in [5.74, 6) is -2.18. The van der Waals surface area contributed by atoms with Crippen LogP contribution in [0.3, 0.4) is 0 Å². The maximum absolute atomic E-state index is 12.2. The van der Waals surface area contributed by atoms with Gasteiger partial charge in [-0.15, -0.1) is 0 Å². The molecule has 2 aromatic heterocycles. The first-order chi connectivity index (χ1) is 10.6. The van der Waals surface area contributed by atoms with Crippen LogP contribution in [0, 0.1) is 0 Å². The molecule has 0 spiro atoms. The van der Waals surface area contributed by atoms with Gasteiger partial charge in [0.25, 0.3) is 5.91 Å². The van der Waals surface area contributed by atoms with Crippen molar-refractivity contribution in [1.29, 1.82) is 0 Å². The number of hydrogen-bond acceptors (Lipinski definition) is 4. The number of halogens is 1. The molecule has 3 aromatic rings. The number of furan rings is 1. The summed E-state index contributed by atoms with van der Waals surface area (Å²) in [4.78, 5) is 27.4. The van der Waals surface area contributed by atoms with Crippen LogP contribution in [0.4, 0.5) is 5.69 Å². The molecule has 110 valence electrons. The first-order valence-corrected chi connectivity index (χ1v) is 6.62. The van der Waals surface area contributed by atoms with E-state index in [1.807, 2.05) is 0 Å². The van der Waals surface area contributed by atoms with Crippen LogP contribution in [0.5, 0.6) is 0 Å². The van der Waals surface area contributed by atoms with Gasteiger partial charge in [-0.2, -0.15) is 0 Å². The molecule has 0 saturated carbocycles. The normalized spacial score (nSPS) is 10.6. The zero-order valence-corrected chi connectivity index (χ0v) is 11.8. The molecule has 0 bridgehead atoms. The fraction of sp³-hybridized carbons (Fsp3) is 0. The van der Waals surface area contributed by atoms with Gasteiger partial charge in [-0.05, 0) is 30.3 Å². The van der Waals surface area contributed by atoms with Crippen LogP contribution >= 0.6 is 11.6 Å². The highest BCUT2D eigenvalue weighted by molar-refractivity contribution is 6.31. The summed E-state index contributed by atoms with van der Waals surface area (Å²) in [5, 5.41) is 12.6. The third-order valence-corrected chi connectivity index (χ3v) is 3.22. The van der Waals surface area contributed by atoms with Gasteiger partial charge in [0.1, 0.15) is 17.0 Å². The van der Waals surface area contributed by atoms with Gasteiger partial charge in [0.15, 0.2) is 0 Å². The lowest BCUT2D eigenvalue weighted by Crippen LogP contribution is -2.15. The van der Waals surface area contributed by atoms with Gasteiger partial charge in [-0.25, -0.2) is 4.79 Å². The Morgan fingerprint density at radius 3 is 2.73 bits per heavy atom. The molecule has 0 radical (unpaired) electrons. The van der Waals surface area contributed by atoms with E-state index >= 15 is 0 Å². The number of amides is 1. The Hall–Kier alpha value is -2.86. The lowest BCUT2D eigenvalue weighted by molar-refractivity contribution is 0.0666. The minimum Gasteiger partial charge on any atom is -0.475 e. The number of rotatable bonds is 3. The number of benzene rings is 1. The molecule has 0 fully saturated rings. The molecular weight excluding hydrogens is 308 g/mol. The number of pyridine rings is 1. The van der Waals surface area contributed by atoms with Gasteiger partial charge in [-0.1, -0.05) is 17.7 Å². The third-order valence-electron chi connectivity index (χ3n) is 2.98. The molecule has 1 amide bonds. The van der Waals surface area contributed by atoms with Crippen molar-refractivity contribution in [2.24, 2.45) is 0 Å². The smallest absolute Gasteiger partial charge is 0.374 e. The Kier molecular flexibility index (Phi) is 3.52. The van der Waals surface area contributed by atoms with E-state index in [1.165, 1.54) is 18.3 Å². The van der Waals surface area contributed by atoms with Crippen molar-refractivity contribution >= 4 is 40.1 Å². The first kappa shape index (κ1) is 14.1. The van der Waals surface area contributed by atoms with Crippen LogP contribution in [-0.2, 0) is 0 Å². The standard InChI is InChI=1S/C15H9ClN2O4/c16-8-4-5-11-9(7-8)12(13(22-11)15(20)21)18-14(19)10-3-1-2-6-17-10/h1-7H,(H,18,19)(H,20,21). The van der Waals surface area contributed by atoms with E-state index in [0.29, 0.717) is 16.0 Å². The predicted molar refractivity (Wildman–Crippen MR) is 80.4 cm³/mol. The number of nitrogens with zero attached hydrogens (tertiary/aromatic N) is 1. The summed E-state index contributed by atoms with van der Waals surface area (Å²) >= 11 is 5.92. The van der Waals surface area contributed by atoms with Crippen molar-refractivity contribution in [3.05, 3.63) is 59.1 Å². The van der Waals surface area contributed by atoms with Crippen LogP contribution in [0.25, 0.3) is 11.0 Å². The number of aromatic carboxylic acids is 1. The summed E-state index contributed by atoms with van der Waals surface area (Å²) in [7, 11) is 0. The Bertz CT molecular complexity index is 874. The Morgan fingerprint density at radius 1 is 1.23 bits per heavy atom. The lowest BCUT2D eigenvalue weighted by atomic mass is 10.2.